The zero-order valence-corrected chi connectivity index (χ0v) is 18.5. The summed E-state index contributed by atoms with van der Waals surface area (Å²) in [6, 6.07) is 8.28. The van der Waals surface area contributed by atoms with Crippen LogP contribution in [0.1, 0.15) is 35.1 Å². The number of hydrogen-bond donors (Lipinski definition) is 0. The SMILES string of the molecule is CC1=C[C@H](O/C=C2/C(=O)O[C@@H]3Cc4ccccc4[C@H]23)N(c2cc(C(F)(F)F)cc(C(F)(F)F)c2)C1=O. The highest BCUT2D eigenvalue weighted by Gasteiger charge is 2.47. The van der Waals surface area contributed by atoms with Crippen molar-refractivity contribution in [2.75, 3.05) is 4.90 Å². The van der Waals surface area contributed by atoms with E-state index in [0.717, 1.165) is 17.4 Å². The maximum atomic E-state index is 13.4. The third kappa shape index (κ3) is 4.02. The summed E-state index contributed by atoms with van der Waals surface area (Å²) in [6.45, 7) is 1.36. The summed E-state index contributed by atoms with van der Waals surface area (Å²) in [5.74, 6) is -1.91. The molecule has 0 unspecified atom stereocenters. The molecule has 0 spiro atoms. The van der Waals surface area contributed by atoms with E-state index in [0.29, 0.717) is 23.5 Å². The number of carbonyl (C=O) groups is 2. The molecule has 0 radical (unpaired) electrons. The van der Waals surface area contributed by atoms with Gasteiger partial charge in [0.15, 0.2) is 6.23 Å². The Kier molecular flexibility index (Phi) is 5.42. The quantitative estimate of drug-likeness (QED) is 0.237. The maximum Gasteiger partial charge on any atom is 0.416 e. The zero-order chi connectivity index (χ0) is 26.0. The van der Waals surface area contributed by atoms with Crippen LogP contribution in [0.25, 0.3) is 0 Å². The van der Waals surface area contributed by atoms with Crippen molar-refractivity contribution in [2.24, 2.45) is 0 Å². The summed E-state index contributed by atoms with van der Waals surface area (Å²) in [5.41, 5.74) is -1.71. The van der Waals surface area contributed by atoms with Gasteiger partial charge in [-0.3, -0.25) is 9.69 Å². The molecule has 2 aromatic rings. The number of benzene rings is 2. The first kappa shape index (κ1) is 24.0. The highest BCUT2D eigenvalue weighted by atomic mass is 19.4. The first-order chi connectivity index (χ1) is 16.8. The second-order valence-corrected chi connectivity index (χ2v) is 8.71. The molecule has 0 aromatic heterocycles. The number of halogens is 6. The minimum absolute atomic E-state index is 0.0195. The van der Waals surface area contributed by atoms with E-state index in [4.69, 9.17) is 9.47 Å². The van der Waals surface area contributed by atoms with Crippen molar-refractivity contribution in [3.05, 3.63) is 88.2 Å². The molecule has 2 aromatic carbocycles. The van der Waals surface area contributed by atoms with Crippen molar-refractivity contribution in [1.82, 2.24) is 0 Å². The Morgan fingerprint density at radius 3 is 2.28 bits per heavy atom. The van der Waals surface area contributed by atoms with E-state index in [1.807, 2.05) is 18.2 Å². The molecule has 5 rings (SSSR count). The molecule has 1 amide bonds. The molecule has 36 heavy (non-hydrogen) atoms. The molecule has 0 bridgehead atoms. The van der Waals surface area contributed by atoms with Gasteiger partial charge in [-0.25, -0.2) is 4.79 Å². The van der Waals surface area contributed by atoms with Crippen molar-refractivity contribution < 1.29 is 45.4 Å². The van der Waals surface area contributed by atoms with E-state index in [-0.39, 0.29) is 17.2 Å². The summed E-state index contributed by atoms with van der Waals surface area (Å²) < 4.78 is 91.2. The van der Waals surface area contributed by atoms with Crippen LogP contribution in [-0.2, 0) is 37.8 Å². The second-order valence-electron chi connectivity index (χ2n) is 8.71. The van der Waals surface area contributed by atoms with Gasteiger partial charge in [0, 0.05) is 17.7 Å². The van der Waals surface area contributed by atoms with Crippen LogP contribution in [0.15, 0.2) is 65.9 Å². The Hall–Kier alpha value is -3.76. The van der Waals surface area contributed by atoms with E-state index < -0.39 is 59.3 Å². The molecular weight excluding hydrogens is 492 g/mol. The minimum atomic E-state index is -5.09. The van der Waals surface area contributed by atoms with Gasteiger partial charge in [-0.05, 0) is 42.3 Å². The summed E-state index contributed by atoms with van der Waals surface area (Å²) in [6.07, 6.45) is -9.16. The third-order valence-corrected chi connectivity index (χ3v) is 6.40. The highest BCUT2D eigenvalue weighted by molar-refractivity contribution is 6.08. The first-order valence-corrected chi connectivity index (χ1v) is 10.8. The van der Waals surface area contributed by atoms with Gasteiger partial charge < -0.3 is 9.47 Å². The van der Waals surface area contributed by atoms with Crippen molar-refractivity contribution in [2.45, 2.75) is 43.9 Å². The highest BCUT2D eigenvalue weighted by Crippen LogP contribution is 2.45. The number of rotatable bonds is 3. The second kappa shape index (κ2) is 8.14. The Morgan fingerprint density at radius 2 is 1.64 bits per heavy atom. The fraction of sp³-hybridized carbons (Fsp3) is 0.280. The van der Waals surface area contributed by atoms with Crippen LogP contribution >= 0.6 is 0 Å². The monoisotopic (exact) mass is 509 g/mol. The molecule has 0 N–H and O–H groups in total. The topological polar surface area (TPSA) is 55.8 Å². The average Bonchev–Trinajstić information content (AvgIpc) is 3.39. The van der Waals surface area contributed by atoms with Crippen LogP contribution in [0.5, 0.6) is 0 Å². The largest absolute Gasteiger partial charge is 0.473 e. The number of nitrogens with zero attached hydrogens (tertiary/aromatic N) is 1. The number of anilines is 1. The van der Waals surface area contributed by atoms with Crippen LogP contribution in [0.2, 0.25) is 0 Å². The molecule has 11 heteroatoms. The Balaban J connectivity index is 1.51. The lowest BCUT2D eigenvalue weighted by atomic mass is 9.94. The fourth-order valence-electron chi connectivity index (χ4n) is 4.74. The van der Waals surface area contributed by atoms with Gasteiger partial charge in [0.25, 0.3) is 5.91 Å². The van der Waals surface area contributed by atoms with Crippen molar-refractivity contribution in [1.29, 1.82) is 0 Å². The third-order valence-electron chi connectivity index (χ3n) is 6.40. The summed E-state index contributed by atoms with van der Waals surface area (Å²) in [7, 11) is 0. The van der Waals surface area contributed by atoms with E-state index in [2.05, 4.69) is 0 Å². The molecule has 1 aliphatic carbocycles. The number of fused-ring (bicyclic) bond motifs is 3. The summed E-state index contributed by atoms with van der Waals surface area (Å²) >= 11 is 0. The Labute approximate surface area is 200 Å². The Bertz CT molecular complexity index is 1290. The van der Waals surface area contributed by atoms with Crippen LogP contribution in [0.4, 0.5) is 32.0 Å². The molecule has 3 aliphatic rings. The van der Waals surface area contributed by atoms with Crippen LogP contribution < -0.4 is 4.90 Å². The lowest BCUT2D eigenvalue weighted by Gasteiger charge is -2.26. The van der Waals surface area contributed by atoms with E-state index in [1.54, 1.807) is 6.07 Å². The lowest BCUT2D eigenvalue weighted by Crippen LogP contribution is -2.36. The standard InChI is InChI=1S/C25H17F6NO4/c1-12-6-20(35-11-18-21-17-5-3-2-4-13(17)7-19(21)36-23(18)34)32(22(12)33)16-9-14(24(26,27)28)8-15(10-16)25(29,30)31/h2-6,8-11,19-21H,7H2,1H3/b18-11+/t19-,20+,21-/m1/s1. The van der Waals surface area contributed by atoms with Crippen LogP contribution in [-0.4, -0.2) is 24.2 Å². The molecule has 0 saturated carbocycles. The summed E-state index contributed by atoms with van der Waals surface area (Å²) in [5, 5.41) is 0. The zero-order valence-electron chi connectivity index (χ0n) is 18.5. The molecule has 1 saturated heterocycles. The molecular formula is C25H17F6NO4. The van der Waals surface area contributed by atoms with E-state index >= 15 is 0 Å². The number of carbonyl (C=O) groups excluding carboxylic acids is 2. The van der Waals surface area contributed by atoms with Gasteiger partial charge >= 0.3 is 18.3 Å². The molecule has 1 fully saturated rings. The number of alkyl halides is 6. The number of esters is 1. The minimum Gasteiger partial charge on any atom is -0.473 e. The lowest BCUT2D eigenvalue weighted by molar-refractivity contribution is -0.143. The fourth-order valence-corrected chi connectivity index (χ4v) is 4.74. The van der Waals surface area contributed by atoms with Crippen LogP contribution in [0.3, 0.4) is 0 Å². The van der Waals surface area contributed by atoms with Gasteiger partial charge in [-0.1, -0.05) is 24.3 Å². The predicted octanol–water partition coefficient (Wildman–Crippen LogP) is 5.51. The molecule has 2 aliphatic heterocycles. The van der Waals surface area contributed by atoms with Crippen molar-refractivity contribution in [3.63, 3.8) is 0 Å². The average molecular weight is 509 g/mol. The molecule has 188 valence electrons. The van der Waals surface area contributed by atoms with Gasteiger partial charge in [0.2, 0.25) is 0 Å². The normalized spacial score (nSPS) is 24.6. The predicted molar refractivity (Wildman–Crippen MR) is 113 cm³/mol. The van der Waals surface area contributed by atoms with Gasteiger partial charge in [-0.15, -0.1) is 0 Å². The van der Waals surface area contributed by atoms with Crippen molar-refractivity contribution in [3.8, 4) is 0 Å². The van der Waals surface area contributed by atoms with Gasteiger partial charge in [0.1, 0.15) is 6.10 Å². The number of ether oxygens (including phenoxy) is 2. The Morgan fingerprint density at radius 1 is 1.00 bits per heavy atom. The number of hydrogen-bond acceptors (Lipinski definition) is 4. The van der Waals surface area contributed by atoms with E-state index in [1.165, 1.54) is 13.0 Å². The van der Waals surface area contributed by atoms with Crippen LogP contribution in [0, 0.1) is 0 Å². The van der Waals surface area contributed by atoms with E-state index in [9.17, 15) is 35.9 Å². The van der Waals surface area contributed by atoms with Gasteiger partial charge in [-0.2, -0.15) is 26.3 Å². The first-order valence-electron chi connectivity index (χ1n) is 10.8. The van der Waals surface area contributed by atoms with Gasteiger partial charge in [0.05, 0.1) is 28.9 Å². The summed E-state index contributed by atoms with van der Waals surface area (Å²) in [4.78, 5) is 25.9. The molecule has 5 nitrogen and oxygen atoms in total. The number of amides is 1. The smallest absolute Gasteiger partial charge is 0.416 e. The molecule has 2 heterocycles. The van der Waals surface area contributed by atoms with Crippen molar-refractivity contribution >= 4 is 17.6 Å². The maximum absolute atomic E-state index is 13.4. The molecule has 3 atom stereocenters.